The Balaban J connectivity index is 2.02. The summed E-state index contributed by atoms with van der Waals surface area (Å²) in [5.41, 5.74) is 2.44. The van der Waals surface area contributed by atoms with Gasteiger partial charge >= 0.3 is 0 Å². The molecule has 3 rings (SSSR count). The number of rotatable bonds is 7. The van der Waals surface area contributed by atoms with Crippen molar-refractivity contribution >= 4 is 56.3 Å². The Labute approximate surface area is 184 Å². The van der Waals surface area contributed by atoms with E-state index < -0.39 is 0 Å². The maximum atomic E-state index is 12.8. The van der Waals surface area contributed by atoms with Crippen molar-refractivity contribution in [2.75, 3.05) is 31.7 Å². The zero-order valence-electron chi connectivity index (χ0n) is 16.6. The van der Waals surface area contributed by atoms with Crippen molar-refractivity contribution < 1.29 is 9.53 Å². The summed E-state index contributed by atoms with van der Waals surface area (Å²) >= 11 is 13.9. The molecule has 0 radical (unpaired) electrons. The highest BCUT2D eigenvalue weighted by atomic mass is 35.5. The Morgan fingerprint density at radius 2 is 1.86 bits per heavy atom. The monoisotopic (exact) mass is 451 g/mol. The van der Waals surface area contributed by atoms with E-state index in [1.807, 2.05) is 34.9 Å². The molecule has 0 saturated heterocycles. The Morgan fingerprint density at radius 1 is 1.17 bits per heavy atom. The van der Waals surface area contributed by atoms with E-state index in [0.29, 0.717) is 33.6 Å². The molecule has 1 heterocycles. The summed E-state index contributed by atoms with van der Waals surface area (Å²) in [6, 6.07) is 11.1. The summed E-state index contributed by atoms with van der Waals surface area (Å²) < 4.78 is 8.00. The van der Waals surface area contributed by atoms with Crippen molar-refractivity contribution in [3.05, 3.63) is 56.8 Å². The first-order valence-corrected chi connectivity index (χ1v) is 11.0. The van der Waals surface area contributed by atoms with Gasteiger partial charge in [-0.05, 0) is 50.2 Å². The Bertz CT molecular complexity index is 1070. The number of amides is 1. The third-order valence-corrected chi connectivity index (χ3v) is 6.19. The van der Waals surface area contributed by atoms with Crippen LogP contribution in [0.1, 0.15) is 24.2 Å². The molecule has 154 valence electrons. The second kappa shape index (κ2) is 9.76. The van der Waals surface area contributed by atoms with Crippen molar-refractivity contribution in [3.63, 3.8) is 0 Å². The molecule has 0 spiro atoms. The van der Waals surface area contributed by atoms with E-state index in [1.165, 1.54) is 11.3 Å². The van der Waals surface area contributed by atoms with Gasteiger partial charge in [0, 0.05) is 43.0 Å². The first-order chi connectivity index (χ1) is 14.0. The number of anilines is 1. The fourth-order valence-corrected chi connectivity index (χ4v) is 5.00. The number of thiazole rings is 1. The number of aromatic nitrogens is 1. The predicted octanol–water partition coefficient (Wildman–Crippen LogP) is 5.24. The van der Waals surface area contributed by atoms with Gasteiger partial charge in [-0.3, -0.25) is 4.79 Å². The van der Waals surface area contributed by atoms with E-state index in [0.717, 1.165) is 29.0 Å². The second-order valence-corrected chi connectivity index (χ2v) is 8.25. The van der Waals surface area contributed by atoms with Crippen LogP contribution in [0.5, 0.6) is 0 Å². The smallest absolute Gasteiger partial charge is 0.279 e. The lowest BCUT2D eigenvalue weighted by molar-refractivity contribution is 0.0997. The molecule has 1 amide bonds. The molecule has 0 aliphatic heterocycles. The molecule has 0 N–H and O–H groups in total. The quantitative estimate of drug-likeness (QED) is 0.493. The number of ether oxygens (including phenoxy) is 1. The van der Waals surface area contributed by atoms with E-state index in [4.69, 9.17) is 27.9 Å². The van der Waals surface area contributed by atoms with Gasteiger partial charge in [0.15, 0.2) is 4.80 Å². The fourth-order valence-electron chi connectivity index (χ4n) is 3.16. The summed E-state index contributed by atoms with van der Waals surface area (Å²) in [7, 11) is 1.63. The predicted molar refractivity (Wildman–Crippen MR) is 122 cm³/mol. The second-order valence-electron chi connectivity index (χ2n) is 6.40. The van der Waals surface area contributed by atoms with Crippen molar-refractivity contribution in [1.29, 1.82) is 0 Å². The van der Waals surface area contributed by atoms with Gasteiger partial charge in [-0.2, -0.15) is 4.99 Å². The van der Waals surface area contributed by atoms with Gasteiger partial charge in [-0.15, -0.1) is 0 Å². The number of benzene rings is 2. The summed E-state index contributed by atoms with van der Waals surface area (Å²) in [5.74, 6) is -0.295. The van der Waals surface area contributed by atoms with Crippen LogP contribution in [0.15, 0.2) is 41.4 Å². The Morgan fingerprint density at radius 3 is 2.48 bits per heavy atom. The van der Waals surface area contributed by atoms with Crippen LogP contribution in [0.2, 0.25) is 10.0 Å². The average Bonchev–Trinajstić information content (AvgIpc) is 3.04. The Kier molecular flexibility index (Phi) is 7.35. The van der Waals surface area contributed by atoms with Crippen molar-refractivity contribution in [1.82, 2.24) is 4.57 Å². The van der Waals surface area contributed by atoms with Gasteiger partial charge in [0.25, 0.3) is 5.91 Å². The van der Waals surface area contributed by atoms with Crippen LogP contribution >= 0.6 is 34.5 Å². The normalized spacial score (nSPS) is 12.0. The van der Waals surface area contributed by atoms with E-state index in [-0.39, 0.29) is 5.91 Å². The molecule has 0 fully saturated rings. The first-order valence-electron chi connectivity index (χ1n) is 9.39. The maximum absolute atomic E-state index is 12.8. The molecule has 29 heavy (non-hydrogen) atoms. The number of nitrogens with zero attached hydrogens (tertiary/aromatic N) is 3. The number of methoxy groups -OCH3 is 1. The standard InChI is InChI=1S/C21H23Cl2N3O2S/c1-4-25(5-2)16-8-6-14(7-9-16)20(27)24-21-26(10-11-28-3)19-17(23)12-15(22)13-18(19)29-21/h6-9,12-13H,4-5,10-11H2,1-3H3. The maximum Gasteiger partial charge on any atom is 0.279 e. The minimum atomic E-state index is -0.295. The molecule has 1 aromatic heterocycles. The largest absolute Gasteiger partial charge is 0.383 e. The molecule has 0 atom stereocenters. The molecule has 0 aliphatic carbocycles. The SMILES string of the molecule is CCN(CC)c1ccc(C(=O)N=c2sc3cc(Cl)cc(Cl)c3n2CCOC)cc1. The molecule has 0 saturated carbocycles. The van der Waals surface area contributed by atoms with Crippen LogP contribution in [-0.2, 0) is 11.3 Å². The summed E-state index contributed by atoms with van der Waals surface area (Å²) in [5, 5.41) is 1.07. The van der Waals surface area contributed by atoms with Crippen LogP contribution in [-0.4, -0.2) is 37.3 Å². The van der Waals surface area contributed by atoms with Crippen LogP contribution in [0.4, 0.5) is 5.69 Å². The Hall–Kier alpha value is -1.86. The zero-order valence-corrected chi connectivity index (χ0v) is 18.9. The van der Waals surface area contributed by atoms with Crippen LogP contribution in [0, 0.1) is 0 Å². The molecule has 0 bridgehead atoms. The third kappa shape index (κ3) is 4.83. The number of hydrogen-bond acceptors (Lipinski definition) is 4. The van der Waals surface area contributed by atoms with E-state index in [2.05, 4.69) is 23.7 Å². The van der Waals surface area contributed by atoms with Gasteiger partial charge in [0.1, 0.15) is 0 Å². The lowest BCUT2D eigenvalue weighted by atomic mass is 10.2. The highest BCUT2D eigenvalue weighted by Crippen LogP contribution is 2.29. The van der Waals surface area contributed by atoms with Gasteiger partial charge in [-0.1, -0.05) is 34.5 Å². The number of fused-ring (bicyclic) bond motifs is 1. The molecular weight excluding hydrogens is 429 g/mol. The number of carbonyl (C=O) groups excluding carboxylic acids is 1. The fraction of sp³-hybridized carbons (Fsp3) is 0.333. The van der Waals surface area contributed by atoms with Gasteiger partial charge in [0.05, 0.1) is 21.8 Å². The van der Waals surface area contributed by atoms with Crippen LogP contribution in [0.25, 0.3) is 10.2 Å². The molecule has 0 unspecified atom stereocenters. The van der Waals surface area contributed by atoms with Crippen molar-refractivity contribution in [2.24, 2.45) is 4.99 Å². The molecular formula is C21H23Cl2N3O2S. The lowest BCUT2D eigenvalue weighted by Gasteiger charge is -2.20. The van der Waals surface area contributed by atoms with Gasteiger partial charge in [-0.25, -0.2) is 0 Å². The lowest BCUT2D eigenvalue weighted by Crippen LogP contribution is -2.21. The number of hydrogen-bond donors (Lipinski definition) is 0. The molecule has 0 aliphatic rings. The summed E-state index contributed by atoms with van der Waals surface area (Å²) in [6.45, 7) is 7.05. The first kappa shape index (κ1) is 21.8. The topological polar surface area (TPSA) is 46.8 Å². The highest BCUT2D eigenvalue weighted by molar-refractivity contribution is 7.16. The van der Waals surface area contributed by atoms with E-state index in [1.54, 1.807) is 13.2 Å². The summed E-state index contributed by atoms with van der Waals surface area (Å²) in [6.07, 6.45) is 0. The average molecular weight is 452 g/mol. The minimum Gasteiger partial charge on any atom is -0.383 e. The highest BCUT2D eigenvalue weighted by Gasteiger charge is 2.13. The zero-order chi connectivity index (χ0) is 21.0. The number of carbonyl (C=O) groups is 1. The van der Waals surface area contributed by atoms with E-state index >= 15 is 0 Å². The van der Waals surface area contributed by atoms with Gasteiger partial charge < -0.3 is 14.2 Å². The number of halogens is 2. The van der Waals surface area contributed by atoms with E-state index in [9.17, 15) is 4.79 Å². The molecule has 5 nitrogen and oxygen atoms in total. The molecule has 3 aromatic rings. The molecule has 8 heteroatoms. The summed E-state index contributed by atoms with van der Waals surface area (Å²) in [4.78, 5) is 20.0. The third-order valence-electron chi connectivity index (χ3n) is 4.65. The van der Waals surface area contributed by atoms with Gasteiger partial charge in [0.2, 0.25) is 0 Å². The van der Waals surface area contributed by atoms with Crippen molar-refractivity contribution in [3.8, 4) is 0 Å². The van der Waals surface area contributed by atoms with Crippen molar-refractivity contribution in [2.45, 2.75) is 20.4 Å². The minimum absolute atomic E-state index is 0.295. The molecule has 2 aromatic carbocycles. The van der Waals surface area contributed by atoms with Crippen LogP contribution in [0.3, 0.4) is 0 Å². The van der Waals surface area contributed by atoms with Crippen LogP contribution < -0.4 is 9.70 Å².